The van der Waals surface area contributed by atoms with Crippen molar-refractivity contribution in [3.63, 3.8) is 0 Å². The van der Waals surface area contributed by atoms with Gasteiger partial charge < -0.3 is 0 Å². The molecule has 0 fully saturated rings. The Morgan fingerprint density at radius 3 is 2.67 bits per heavy atom. The van der Waals surface area contributed by atoms with Gasteiger partial charge in [-0.3, -0.25) is 9.59 Å². The van der Waals surface area contributed by atoms with Crippen molar-refractivity contribution in [1.82, 2.24) is 0 Å². The van der Waals surface area contributed by atoms with E-state index in [1.807, 2.05) is 13.0 Å². The summed E-state index contributed by atoms with van der Waals surface area (Å²) in [6, 6.07) is 0. The van der Waals surface area contributed by atoms with Crippen LogP contribution in [-0.2, 0) is 9.59 Å². The maximum atomic E-state index is 11.2. The lowest BCUT2D eigenvalue weighted by molar-refractivity contribution is -0.120. The SMILES string of the molecule is CC1=CC2=C(CC1)C(=O)CC2=O. The van der Waals surface area contributed by atoms with Gasteiger partial charge in [-0.05, 0) is 19.8 Å². The normalized spacial score (nSPS) is 22.9. The van der Waals surface area contributed by atoms with E-state index in [1.54, 1.807) is 0 Å². The monoisotopic (exact) mass is 162 g/mol. The predicted molar refractivity (Wildman–Crippen MR) is 44.6 cm³/mol. The summed E-state index contributed by atoms with van der Waals surface area (Å²) in [5.41, 5.74) is 2.66. The molecule has 12 heavy (non-hydrogen) atoms. The molecule has 0 bridgehead atoms. The van der Waals surface area contributed by atoms with Crippen LogP contribution >= 0.6 is 0 Å². The van der Waals surface area contributed by atoms with Gasteiger partial charge in [0.1, 0.15) is 0 Å². The third kappa shape index (κ3) is 0.951. The van der Waals surface area contributed by atoms with Crippen molar-refractivity contribution < 1.29 is 9.59 Å². The minimum Gasteiger partial charge on any atom is -0.294 e. The van der Waals surface area contributed by atoms with Crippen LogP contribution in [0.3, 0.4) is 0 Å². The first-order valence-corrected chi connectivity index (χ1v) is 4.15. The number of carbonyl (C=O) groups excluding carboxylic acids is 2. The minimum absolute atomic E-state index is 0.00838. The zero-order valence-electron chi connectivity index (χ0n) is 7.02. The Morgan fingerprint density at radius 1 is 1.17 bits per heavy atom. The molecule has 0 unspecified atom stereocenters. The molecule has 0 radical (unpaired) electrons. The number of hydrogen-bond acceptors (Lipinski definition) is 2. The van der Waals surface area contributed by atoms with Crippen LogP contribution in [0.4, 0.5) is 0 Å². The Bertz CT molecular complexity index is 332. The maximum absolute atomic E-state index is 11.2. The molecule has 0 aromatic rings. The van der Waals surface area contributed by atoms with Crippen molar-refractivity contribution in [3.05, 3.63) is 22.8 Å². The Hall–Kier alpha value is -1.18. The molecule has 0 saturated carbocycles. The van der Waals surface area contributed by atoms with Crippen LogP contribution in [-0.4, -0.2) is 11.6 Å². The largest absolute Gasteiger partial charge is 0.294 e. The molecule has 2 heteroatoms. The van der Waals surface area contributed by atoms with E-state index in [9.17, 15) is 9.59 Å². The van der Waals surface area contributed by atoms with E-state index in [1.165, 1.54) is 5.57 Å². The van der Waals surface area contributed by atoms with Crippen molar-refractivity contribution in [1.29, 1.82) is 0 Å². The first kappa shape index (κ1) is 7.47. The number of allylic oxidation sites excluding steroid dienone is 4. The van der Waals surface area contributed by atoms with E-state index in [0.717, 1.165) is 18.4 Å². The molecule has 2 nitrogen and oxygen atoms in total. The highest BCUT2D eigenvalue weighted by Crippen LogP contribution is 2.31. The van der Waals surface area contributed by atoms with E-state index in [4.69, 9.17) is 0 Å². The molecule has 0 N–H and O–H groups in total. The van der Waals surface area contributed by atoms with Crippen LogP contribution in [0.25, 0.3) is 0 Å². The number of carbonyl (C=O) groups is 2. The molecule has 0 aliphatic heterocycles. The second-order valence-electron chi connectivity index (χ2n) is 3.41. The summed E-state index contributed by atoms with van der Waals surface area (Å²) in [7, 11) is 0. The van der Waals surface area contributed by atoms with E-state index in [2.05, 4.69) is 0 Å². The molecular formula is C10H10O2. The molecule has 2 rings (SSSR count). The van der Waals surface area contributed by atoms with Gasteiger partial charge in [0.25, 0.3) is 0 Å². The molecule has 0 atom stereocenters. The van der Waals surface area contributed by atoms with E-state index >= 15 is 0 Å². The Labute approximate surface area is 71.0 Å². The minimum atomic E-state index is 0.00838. The highest BCUT2D eigenvalue weighted by Gasteiger charge is 2.30. The molecule has 62 valence electrons. The molecular weight excluding hydrogens is 152 g/mol. The Kier molecular flexibility index (Phi) is 1.50. The number of hydrogen-bond donors (Lipinski definition) is 0. The van der Waals surface area contributed by atoms with E-state index in [0.29, 0.717) is 5.57 Å². The lowest BCUT2D eigenvalue weighted by Gasteiger charge is -2.09. The third-order valence-corrected chi connectivity index (χ3v) is 2.44. The summed E-state index contributed by atoms with van der Waals surface area (Å²) in [6.45, 7) is 2.00. The zero-order chi connectivity index (χ0) is 8.72. The van der Waals surface area contributed by atoms with Gasteiger partial charge in [-0.25, -0.2) is 0 Å². The summed E-state index contributed by atoms with van der Waals surface area (Å²) in [5.74, 6) is 0.0489. The van der Waals surface area contributed by atoms with Crippen molar-refractivity contribution in [3.8, 4) is 0 Å². The van der Waals surface area contributed by atoms with Crippen LogP contribution in [0, 0.1) is 0 Å². The average molecular weight is 162 g/mol. The standard InChI is InChI=1S/C10H10O2/c1-6-2-3-7-8(4-6)10(12)5-9(7)11/h4H,2-3,5H2,1H3. The second-order valence-corrected chi connectivity index (χ2v) is 3.41. The van der Waals surface area contributed by atoms with Gasteiger partial charge in [-0.1, -0.05) is 11.6 Å². The molecule has 0 amide bonds. The van der Waals surface area contributed by atoms with Crippen molar-refractivity contribution in [2.24, 2.45) is 0 Å². The lowest BCUT2D eigenvalue weighted by Crippen LogP contribution is -2.00. The van der Waals surface area contributed by atoms with Gasteiger partial charge >= 0.3 is 0 Å². The first-order chi connectivity index (χ1) is 5.68. The highest BCUT2D eigenvalue weighted by molar-refractivity contribution is 6.23. The van der Waals surface area contributed by atoms with Gasteiger partial charge in [0.2, 0.25) is 0 Å². The molecule has 0 aromatic heterocycles. The molecule has 0 spiro atoms. The smallest absolute Gasteiger partial charge is 0.170 e. The summed E-state index contributed by atoms with van der Waals surface area (Å²) < 4.78 is 0. The van der Waals surface area contributed by atoms with E-state index < -0.39 is 0 Å². The molecule has 0 heterocycles. The fourth-order valence-corrected chi connectivity index (χ4v) is 1.75. The maximum Gasteiger partial charge on any atom is 0.170 e. The van der Waals surface area contributed by atoms with Crippen molar-refractivity contribution in [2.75, 3.05) is 0 Å². The van der Waals surface area contributed by atoms with Crippen LogP contribution < -0.4 is 0 Å². The first-order valence-electron chi connectivity index (χ1n) is 4.15. The summed E-state index contributed by atoms with van der Waals surface area (Å²) in [4.78, 5) is 22.5. The van der Waals surface area contributed by atoms with Gasteiger partial charge in [0.05, 0.1) is 6.42 Å². The molecule has 0 aromatic carbocycles. The summed E-state index contributed by atoms with van der Waals surface area (Å²) in [6.07, 6.45) is 3.67. The van der Waals surface area contributed by atoms with Gasteiger partial charge in [-0.2, -0.15) is 0 Å². The third-order valence-electron chi connectivity index (χ3n) is 2.44. The average Bonchev–Trinajstić information content (AvgIpc) is 2.28. The predicted octanol–water partition coefficient (Wildman–Crippen LogP) is 1.57. The zero-order valence-corrected chi connectivity index (χ0v) is 7.02. The van der Waals surface area contributed by atoms with Crippen LogP contribution in [0.1, 0.15) is 26.2 Å². The topological polar surface area (TPSA) is 34.1 Å². The quantitative estimate of drug-likeness (QED) is 0.506. The van der Waals surface area contributed by atoms with Crippen molar-refractivity contribution >= 4 is 11.6 Å². The Balaban J connectivity index is 2.49. The second kappa shape index (κ2) is 2.41. The van der Waals surface area contributed by atoms with Gasteiger partial charge in [0, 0.05) is 11.1 Å². The lowest BCUT2D eigenvalue weighted by atomic mass is 9.95. The molecule has 2 aliphatic rings. The van der Waals surface area contributed by atoms with Crippen LogP contribution in [0.15, 0.2) is 22.8 Å². The highest BCUT2D eigenvalue weighted by atomic mass is 16.2. The van der Waals surface area contributed by atoms with E-state index in [-0.39, 0.29) is 18.0 Å². The summed E-state index contributed by atoms with van der Waals surface area (Å²) in [5, 5.41) is 0. The molecule has 2 aliphatic carbocycles. The van der Waals surface area contributed by atoms with Crippen LogP contribution in [0.5, 0.6) is 0 Å². The number of ketones is 2. The number of rotatable bonds is 0. The fourth-order valence-electron chi connectivity index (χ4n) is 1.75. The number of Topliss-reactive ketones (excluding diaryl/α,β-unsaturated/α-hetero) is 2. The van der Waals surface area contributed by atoms with Crippen LogP contribution in [0.2, 0.25) is 0 Å². The van der Waals surface area contributed by atoms with Gasteiger partial charge in [-0.15, -0.1) is 0 Å². The molecule has 0 saturated heterocycles. The Morgan fingerprint density at radius 2 is 1.92 bits per heavy atom. The van der Waals surface area contributed by atoms with Gasteiger partial charge in [0.15, 0.2) is 11.6 Å². The fraction of sp³-hybridized carbons (Fsp3) is 0.400. The van der Waals surface area contributed by atoms with Crippen molar-refractivity contribution in [2.45, 2.75) is 26.2 Å². The summed E-state index contributed by atoms with van der Waals surface area (Å²) >= 11 is 0.